The fourth-order valence-corrected chi connectivity index (χ4v) is 1.80. The quantitative estimate of drug-likeness (QED) is 0.581. The lowest BCUT2D eigenvalue weighted by atomic mass is 10.0. The lowest BCUT2D eigenvalue weighted by molar-refractivity contribution is -0.122. The minimum Gasteiger partial charge on any atom is -0.356 e. The Kier molecular flexibility index (Phi) is 10.5. The van der Waals surface area contributed by atoms with Gasteiger partial charge in [-0.3, -0.25) is 9.59 Å². The maximum absolute atomic E-state index is 11.4. The zero-order valence-corrected chi connectivity index (χ0v) is 13.1. The minimum atomic E-state index is 0.167. The van der Waals surface area contributed by atoms with Crippen LogP contribution < -0.4 is 5.32 Å². The molecule has 0 saturated carbocycles. The number of carbonyl (C=O) groups is 2. The zero-order valence-electron chi connectivity index (χ0n) is 13.1. The van der Waals surface area contributed by atoms with Crippen LogP contribution in [0, 0.1) is 11.8 Å². The zero-order chi connectivity index (χ0) is 14.7. The van der Waals surface area contributed by atoms with E-state index < -0.39 is 0 Å². The van der Waals surface area contributed by atoms with Gasteiger partial charge in [-0.2, -0.15) is 0 Å². The summed E-state index contributed by atoms with van der Waals surface area (Å²) < 4.78 is 0. The van der Waals surface area contributed by atoms with Gasteiger partial charge in [-0.1, -0.05) is 40.5 Å². The van der Waals surface area contributed by atoms with Gasteiger partial charge in [0.05, 0.1) is 0 Å². The normalized spacial score (nSPS) is 11.1. The van der Waals surface area contributed by atoms with Gasteiger partial charge in [-0.15, -0.1) is 0 Å². The number of carbonyl (C=O) groups excluding carboxylic acids is 2. The second-order valence-electron chi connectivity index (χ2n) is 6.07. The van der Waals surface area contributed by atoms with E-state index in [2.05, 4.69) is 19.2 Å². The van der Waals surface area contributed by atoms with Gasteiger partial charge >= 0.3 is 0 Å². The number of unbranched alkanes of at least 4 members (excludes halogenated alkanes) is 3. The Morgan fingerprint density at radius 2 is 1.53 bits per heavy atom. The molecule has 3 heteroatoms. The highest BCUT2D eigenvalue weighted by Gasteiger charge is 2.06. The van der Waals surface area contributed by atoms with Crippen LogP contribution in [-0.4, -0.2) is 18.2 Å². The average Bonchev–Trinajstić information content (AvgIpc) is 2.34. The van der Waals surface area contributed by atoms with Crippen LogP contribution in [0.25, 0.3) is 0 Å². The number of ketones is 1. The highest BCUT2D eigenvalue weighted by Crippen LogP contribution is 2.07. The van der Waals surface area contributed by atoms with Gasteiger partial charge in [0.1, 0.15) is 5.78 Å². The lowest BCUT2D eigenvalue weighted by Crippen LogP contribution is -2.24. The first-order chi connectivity index (χ1) is 8.93. The van der Waals surface area contributed by atoms with E-state index in [1.54, 1.807) is 0 Å². The minimum absolute atomic E-state index is 0.167. The summed E-state index contributed by atoms with van der Waals surface area (Å²) in [6, 6.07) is 0. The van der Waals surface area contributed by atoms with Gasteiger partial charge in [0.15, 0.2) is 0 Å². The van der Waals surface area contributed by atoms with E-state index in [1.807, 2.05) is 13.8 Å². The first kappa shape index (κ1) is 18.1. The molecule has 0 bridgehead atoms. The van der Waals surface area contributed by atoms with Crippen molar-refractivity contribution in [3.05, 3.63) is 0 Å². The van der Waals surface area contributed by atoms with Crippen LogP contribution in [0.3, 0.4) is 0 Å². The number of amides is 1. The van der Waals surface area contributed by atoms with Gasteiger partial charge in [0.2, 0.25) is 5.91 Å². The number of rotatable bonds is 11. The van der Waals surface area contributed by atoms with Gasteiger partial charge < -0.3 is 5.32 Å². The van der Waals surface area contributed by atoms with Crippen molar-refractivity contribution in [1.82, 2.24) is 5.32 Å². The van der Waals surface area contributed by atoms with E-state index >= 15 is 0 Å². The molecule has 19 heavy (non-hydrogen) atoms. The molecule has 0 aromatic carbocycles. The smallest absolute Gasteiger partial charge is 0.220 e. The van der Waals surface area contributed by atoms with Crippen LogP contribution in [0.1, 0.15) is 72.6 Å². The van der Waals surface area contributed by atoms with Crippen molar-refractivity contribution in [2.75, 3.05) is 6.54 Å². The molecule has 112 valence electrons. The number of Topliss-reactive ketones (excluding diaryl/α,β-unsaturated/α-hetero) is 1. The predicted octanol–water partition coefficient (Wildman–Crippen LogP) is 3.71. The molecule has 0 aliphatic carbocycles. The SMILES string of the molecule is CC(C)CCC(=O)NCCCCCCC(=O)C(C)C. The molecule has 0 aromatic rings. The van der Waals surface area contributed by atoms with Crippen molar-refractivity contribution in [2.45, 2.75) is 72.6 Å². The Labute approximate surface area is 118 Å². The summed E-state index contributed by atoms with van der Waals surface area (Å²) in [7, 11) is 0. The highest BCUT2D eigenvalue weighted by atomic mass is 16.1. The molecule has 0 atom stereocenters. The molecular weight excluding hydrogens is 238 g/mol. The lowest BCUT2D eigenvalue weighted by Gasteiger charge is -2.07. The first-order valence-electron chi connectivity index (χ1n) is 7.73. The average molecular weight is 269 g/mol. The maximum atomic E-state index is 11.4. The Balaban J connectivity index is 3.31. The Bertz CT molecular complexity index is 259. The van der Waals surface area contributed by atoms with Crippen molar-refractivity contribution < 1.29 is 9.59 Å². The van der Waals surface area contributed by atoms with Crippen LogP contribution in [0.2, 0.25) is 0 Å². The third-order valence-electron chi connectivity index (χ3n) is 3.26. The first-order valence-corrected chi connectivity index (χ1v) is 7.73. The summed E-state index contributed by atoms with van der Waals surface area (Å²) in [5.74, 6) is 1.29. The molecule has 1 amide bonds. The summed E-state index contributed by atoms with van der Waals surface area (Å²) in [5.41, 5.74) is 0. The molecule has 1 N–H and O–H groups in total. The van der Waals surface area contributed by atoms with Gasteiger partial charge in [-0.25, -0.2) is 0 Å². The Morgan fingerprint density at radius 1 is 0.895 bits per heavy atom. The maximum Gasteiger partial charge on any atom is 0.220 e. The summed E-state index contributed by atoms with van der Waals surface area (Å²) in [5, 5.41) is 2.95. The van der Waals surface area contributed by atoms with E-state index in [1.165, 1.54) is 0 Å². The molecule has 0 aromatic heterocycles. The van der Waals surface area contributed by atoms with Crippen LogP contribution >= 0.6 is 0 Å². The molecule has 0 saturated heterocycles. The van der Waals surface area contributed by atoms with Crippen molar-refractivity contribution in [1.29, 1.82) is 0 Å². The molecule has 0 rings (SSSR count). The van der Waals surface area contributed by atoms with E-state index in [0.29, 0.717) is 24.5 Å². The van der Waals surface area contributed by atoms with Gasteiger partial charge in [-0.05, 0) is 25.2 Å². The van der Waals surface area contributed by atoms with Crippen LogP contribution in [0.4, 0.5) is 0 Å². The van der Waals surface area contributed by atoms with E-state index in [-0.39, 0.29) is 11.8 Å². The standard InChI is InChI=1S/C16H31NO2/c1-13(2)10-11-16(19)17-12-8-6-5-7-9-15(18)14(3)4/h13-14H,5-12H2,1-4H3,(H,17,19). The predicted molar refractivity (Wildman–Crippen MR) is 80.0 cm³/mol. The second kappa shape index (κ2) is 11.0. The number of hydrogen-bond acceptors (Lipinski definition) is 2. The van der Waals surface area contributed by atoms with Crippen molar-refractivity contribution in [3.63, 3.8) is 0 Å². The largest absolute Gasteiger partial charge is 0.356 e. The summed E-state index contributed by atoms with van der Waals surface area (Å²) in [6.07, 6.45) is 6.49. The highest BCUT2D eigenvalue weighted by molar-refractivity contribution is 5.80. The fraction of sp³-hybridized carbons (Fsp3) is 0.875. The van der Waals surface area contributed by atoms with Crippen molar-refractivity contribution in [2.24, 2.45) is 11.8 Å². The molecule has 0 radical (unpaired) electrons. The van der Waals surface area contributed by atoms with E-state index in [4.69, 9.17) is 0 Å². The van der Waals surface area contributed by atoms with Gasteiger partial charge in [0, 0.05) is 25.3 Å². The molecular formula is C16H31NO2. The van der Waals surface area contributed by atoms with Crippen molar-refractivity contribution in [3.8, 4) is 0 Å². The third kappa shape index (κ3) is 11.9. The molecule has 0 unspecified atom stereocenters. The van der Waals surface area contributed by atoms with Crippen LogP contribution in [0.5, 0.6) is 0 Å². The number of hydrogen-bond donors (Lipinski definition) is 1. The fourth-order valence-electron chi connectivity index (χ4n) is 1.80. The molecule has 0 heterocycles. The van der Waals surface area contributed by atoms with Crippen LogP contribution in [0.15, 0.2) is 0 Å². The van der Waals surface area contributed by atoms with Crippen molar-refractivity contribution >= 4 is 11.7 Å². The second-order valence-corrected chi connectivity index (χ2v) is 6.07. The molecule has 0 aliphatic heterocycles. The van der Waals surface area contributed by atoms with E-state index in [0.717, 1.165) is 38.6 Å². The number of nitrogens with one attached hydrogen (secondary N) is 1. The third-order valence-corrected chi connectivity index (χ3v) is 3.26. The van der Waals surface area contributed by atoms with Gasteiger partial charge in [0.25, 0.3) is 0 Å². The molecule has 0 aliphatic rings. The summed E-state index contributed by atoms with van der Waals surface area (Å²) >= 11 is 0. The molecule has 3 nitrogen and oxygen atoms in total. The Morgan fingerprint density at radius 3 is 2.11 bits per heavy atom. The van der Waals surface area contributed by atoms with Crippen LogP contribution in [-0.2, 0) is 9.59 Å². The van der Waals surface area contributed by atoms with E-state index in [9.17, 15) is 9.59 Å². The monoisotopic (exact) mass is 269 g/mol. The Hall–Kier alpha value is -0.860. The molecule has 0 spiro atoms. The summed E-state index contributed by atoms with van der Waals surface area (Å²) in [4.78, 5) is 22.8. The topological polar surface area (TPSA) is 46.2 Å². The molecule has 0 fully saturated rings. The summed E-state index contributed by atoms with van der Waals surface area (Å²) in [6.45, 7) is 8.94.